The van der Waals surface area contributed by atoms with Gasteiger partial charge in [0.1, 0.15) is 5.75 Å². The van der Waals surface area contributed by atoms with Crippen LogP contribution in [-0.4, -0.2) is 25.7 Å². The van der Waals surface area contributed by atoms with Crippen LogP contribution in [0.4, 0.5) is 5.69 Å². The van der Waals surface area contributed by atoms with Crippen molar-refractivity contribution in [2.24, 2.45) is 0 Å². The number of nitrogens with one attached hydrogen (secondary N) is 1. The van der Waals surface area contributed by atoms with Crippen molar-refractivity contribution in [1.29, 1.82) is 0 Å². The number of carbonyl (C=O) groups is 1. The molecule has 0 radical (unpaired) electrons. The van der Waals surface area contributed by atoms with Crippen molar-refractivity contribution >= 4 is 11.6 Å². The average molecular weight is 315 g/mol. The lowest BCUT2D eigenvalue weighted by Gasteiger charge is -2.16. The van der Waals surface area contributed by atoms with Crippen molar-refractivity contribution in [2.75, 3.05) is 19.0 Å². The van der Waals surface area contributed by atoms with Crippen molar-refractivity contribution in [1.82, 2.24) is 0 Å². The molecule has 2 rings (SSSR count). The minimum Gasteiger partial charge on any atom is -0.494 e. The Morgan fingerprint density at radius 1 is 1.09 bits per heavy atom. The summed E-state index contributed by atoms with van der Waals surface area (Å²) in [4.78, 5) is 12.2. The normalized spacial score (nSPS) is 11.4. The average Bonchev–Trinajstić information content (AvgIpc) is 2.57. The van der Waals surface area contributed by atoms with Crippen LogP contribution in [0.5, 0.6) is 17.2 Å². The summed E-state index contributed by atoms with van der Waals surface area (Å²) in [6.45, 7) is 4.22. The molecule has 0 aliphatic rings. The molecule has 1 N–H and O–H groups in total. The van der Waals surface area contributed by atoms with Gasteiger partial charge in [0, 0.05) is 5.69 Å². The number of benzene rings is 2. The Balaban J connectivity index is 1.97. The topological polar surface area (TPSA) is 56.8 Å². The molecule has 0 fully saturated rings. The fourth-order valence-electron chi connectivity index (χ4n) is 2.01. The molecule has 1 atom stereocenters. The number of rotatable bonds is 7. The summed E-state index contributed by atoms with van der Waals surface area (Å²) >= 11 is 0. The highest BCUT2D eigenvalue weighted by Crippen LogP contribution is 2.27. The number of carbonyl (C=O) groups excluding carboxylic acids is 1. The first kappa shape index (κ1) is 16.7. The zero-order valence-electron chi connectivity index (χ0n) is 13.5. The molecule has 0 aliphatic carbocycles. The molecule has 0 unspecified atom stereocenters. The molecule has 0 aromatic heterocycles. The molecular formula is C18H21NO4. The van der Waals surface area contributed by atoms with Crippen molar-refractivity contribution in [3.63, 3.8) is 0 Å². The number of para-hydroxylation sites is 2. The summed E-state index contributed by atoms with van der Waals surface area (Å²) in [5.41, 5.74) is 0.689. The summed E-state index contributed by atoms with van der Waals surface area (Å²) in [6.07, 6.45) is -0.655. The first-order chi connectivity index (χ1) is 11.1. The molecule has 0 spiro atoms. The number of hydrogen-bond donors (Lipinski definition) is 1. The molecule has 122 valence electrons. The minimum atomic E-state index is -0.655. The van der Waals surface area contributed by atoms with E-state index < -0.39 is 6.10 Å². The Bertz CT molecular complexity index is 640. The zero-order valence-corrected chi connectivity index (χ0v) is 13.5. The summed E-state index contributed by atoms with van der Waals surface area (Å²) in [5, 5.41) is 2.81. The fourth-order valence-corrected chi connectivity index (χ4v) is 2.01. The van der Waals surface area contributed by atoms with Gasteiger partial charge in [-0.2, -0.15) is 0 Å². The molecule has 0 saturated carbocycles. The summed E-state index contributed by atoms with van der Waals surface area (Å²) in [6, 6.07) is 14.4. The summed E-state index contributed by atoms with van der Waals surface area (Å²) < 4.78 is 16.2. The van der Waals surface area contributed by atoms with E-state index in [2.05, 4.69) is 5.32 Å². The molecule has 0 aliphatic heterocycles. The molecule has 5 nitrogen and oxygen atoms in total. The highest BCUT2D eigenvalue weighted by atomic mass is 16.5. The van der Waals surface area contributed by atoms with Crippen LogP contribution < -0.4 is 19.5 Å². The standard InChI is InChI=1S/C18H21NO4/c1-4-22-15-11-9-14(10-12-15)19-18(20)13(2)23-17-8-6-5-7-16(17)21-3/h5-13H,4H2,1-3H3,(H,19,20)/t13-/m1/s1. The van der Waals surface area contributed by atoms with Gasteiger partial charge in [-0.15, -0.1) is 0 Å². The van der Waals surface area contributed by atoms with Crippen molar-refractivity contribution in [3.05, 3.63) is 48.5 Å². The van der Waals surface area contributed by atoms with Crippen LogP contribution >= 0.6 is 0 Å². The first-order valence-corrected chi connectivity index (χ1v) is 7.47. The van der Waals surface area contributed by atoms with Gasteiger partial charge in [0.25, 0.3) is 5.91 Å². The SMILES string of the molecule is CCOc1ccc(NC(=O)[C@@H](C)Oc2ccccc2OC)cc1. The number of amides is 1. The second-order valence-electron chi connectivity index (χ2n) is 4.86. The van der Waals surface area contributed by atoms with Crippen LogP contribution in [0.3, 0.4) is 0 Å². The fraction of sp³-hybridized carbons (Fsp3) is 0.278. The Hall–Kier alpha value is -2.69. The minimum absolute atomic E-state index is 0.236. The molecule has 0 heterocycles. The first-order valence-electron chi connectivity index (χ1n) is 7.47. The summed E-state index contributed by atoms with van der Waals surface area (Å²) in [5.74, 6) is 1.65. The third-order valence-electron chi connectivity index (χ3n) is 3.17. The van der Waals surface area contributed by atoms with Crippen molar-refractivity contribution < 1.29 is 19.0 Å². The largest absolute Gasteiger partial charge is 0.494 e. The molecule has 1 amide bonds. The van der Waals surface area contributed by atoms with Crippen molar-refractivity contribution in [2.45, 2.75) is 20.0 Å². The predicted octanol–water partition coefficient (Wildman–Crippen LogP) is 3.50. The highest BCUT2D eigenvalue weighted by molar-refractivity contribution is 5.94. The van der Waals surface area contributed by atoms with Crippen LogP contribution in [0.25, 0.3) is 0 Å². The Labute approximate surface area is 136 Å². The van der Waals surface area contributed by atoms with Gasteiger partial charge >= 0.3 is 0 Å². The molecule has 0 bridgehead atoms. The maximum absolute atomic E-state index is 12.2. The van der Waals surface area contributed by atoms with E-state index in [0.717, 1.165) is 5.75 Å². The number of methoxy groups -OCH3 is 1. The lowest BCUT2D eigenvalue weighted by atomic mass is 10.2. The van der Waals surface area contributed by atoms with Crippen LogP contribution in [0.15, 0.2) is 48.5 Å². The molecule has 0 saturated heterocycles. The van der Waals surface area contributed by atoms with Crippen molar-refractivity contribution in [3.8, 4) is 17.2 Å². The smallest absolute Gasteiger partial charge is 0.265 e. The summed E-state index contributed by atoms with van der Waals surface area (Å²) in [7, 11) is 1.56. The van der Waals surface area contributed by atoms with Crippen LogP contribution in [-0.2, 0) is 4.79 Å². The second-order valence-corrected chi connectivity index (χ2v) is 4.86. The highest BCUT2D eigenvalue weighted by Gasteiger charge is 2.16. The van der Waals surface area contributed by atoms with E-state index >= 15 is 0 Å². The van der Waals surface area contributed by atoms with Crippen LogP contribution in [0.2, 0.25) is 0 Å². The van der Waals surface area contributed by atoms with Gasteiger partial charge in [0.15, 0.2) is 17.6 Å². The van der Waals surface area contributed by atoms with Gasteiger partial charge in [0.2, 0.25) is 0 Å². The monoisotopic (exact) mass is 315 g/mol. The van der Waals surface area contributed by atoms with E-state index in [1.165, 1.54) is 0 Å². The van der Waals surface area contributed by atoms with E-state index in [1.807, 2.05) is 31.2 Å². The van der Waals surface area contributed by atoms with Gasteiger partial charge in [-0.3, -0.25) is 4.79 Å². The quantitative estimate of drug-likeness (QED) is 0.849. The van der Waals surface area contributed by atoms with Gasteiger partial charge in [-0.05, 0) is 50.2 Å². The lowest BCUT2D eigenvalue weighted by Crippen LogP contribution is -2.30. The van der Waals surface area contributed by atoms with Gasteiger partial charge in [0.05, 0.1) is 13.7 Å². The predicted molar refractivity (Wildman–Crippen MR) is 89.3 cm³/mol. The number of anilines is 1. The molecule has 5 heteroatoms. The van der Waals surface area contributed by atoms with E-state index in [9.17, 15) is 4.79 Å². The van der Waals surface area contributed by atoms with Crippen LogP contribution in [0.1, 0.15) is 13.8 Å². The molecule has 23 heavy (non-hydrogen) atoms. The maximum atomic E-state index is 12.2. The van der Waals surface area contributed by atoms with E-state index in [1.54, 1.807) is 38.3 Å². The molecule has 2 aromatic rings. The lowest BCUT2D eigenvalue weighted by molar-refractivity contribution is -0.122. The molecular weight excluding hydrogens is 294 g/mol. The maximum Gasteiger partial charge on any atom is 0.265 e. The Morgan fingerprint density at radius 3 is 2.35 bits per heavy atom. The Morgan fingerprint density at radius 2 is 1.74 bits per heavy atom. The van der Waals surface area contributed by atoms with Gasteiger partial charge in [-0.25, -0.2) is 0 Å². The van der Waals surface area contributed by atoms with Gasteiger partial charge < -0.3 is 19.5 Å². The van der Waals surface area contributed by atoms with E-state index in [0.29, 0.717) is 23.8 Å². The second kappa shape index (κ2) is 8.08. The molecule has 2 aromatic carbocycles. The third kappa shape index (κ3) is 4.64. The third-order valence-corrected chi connectivity index (χ3v) is 3.17. The van der Waals surface area contributed by atoms with E-state index in [4.69, 9.17) is 14.2 Å². The number of hydrogen-bond acceptors (Lipinski definition) is 4. The Kier molecular flexibility index (Phi) is 5.86. The number of ether oxygens (including phenoxy) is 3. The van der Waals surface area contributed by atoms with E-state index in [-0.39, 0.29) is 5.91 Å². The zero-order chi connectivity index (χ0) is 16.7. The van der Waals surface area contributed by atoms with Crippen LogP contribution in [0, 0.1) is 0 Å². The van der Waals surface area contributed by atoms with Gasteiger partial charge in [-0.1, -0.05) is 12.1 Å².